The van der Waals surface area contributed by atoms with Crippen molar-refractivity contribution in [1.82, 2.24) is 0 Å². The third kappa shape index (κ3) is 38.7. The summed E-state index contributed by atoms with van der Waals surface area (Å²) in [5, 5.41) is 0. The summed E-state index contributed by atoms with van der Waals surface area (Å²) in [6.07, 6.45) is -18.7. The SMILES string of the molecule is CCC(C)(C)C(=O)OCC(C)(F)F.CCC(C)(C)C(=O)OCC(F)(F)CC(F)(F)CC(F)(F)F.CCC(C)C(=O)OCC(C)(F)F.CCC(C)C(=O)OCC(F)(F)CC(F)(F)CC(F)(F)F. The number of ether oxygens (including phenoxy) is 4. The van der Waals surface area contributed by atoms with Crippen molar-refractivity contribution in [2.75, 3.05) is 26.4 Å². The van der Waals surface area contributed by atoms with Crippen LogP contribution in [0.25, 0.3) is 0 Å². The number of alkyl halides is 18. The summed E-state index contributed by atoms with van der Waals surface area (Å²) in [7, 11) is 0. The fraction of sp³-hybridized carbons (Fsp3) is 0.900. The number of rotatable bonds is 22. The highest BCUT2D eigenvalue weighted by Crippen LogP contribution is 2.40. The Morgan fingerprint density at radius 3 is 0.864 bits per heavy atom. The average molecular weight is 1010 g/mol. The second-order valence-corrected chi connectivity index (χ2v) is 17.0. The van der Waals surface area contributed by atoms with Gasteiger partial charge in [0.25, 0.3) is 35.5 Å². The standard InChI is InChI=1S/C12H17F7O2.C11H15F7O2.C9H16F2O2.C8H14F2O2/c1-4-9(2,3)8(20)21-7-11(15,16)5-10(13,14)6-12(17,18)19;1-3-7(2)8(19)20-6-10(14,15)4-9(12,13)5-11(16,17)18;1-5-8(2,3)7(12)13-6-9(4,10)11;1-4-6(2)7(11)12-5-8(3,9)10/h4-7H2,1-3H3;7H,3-6H2,1-2H3;5-6H2,1-4H3;6H,4-5H2,1-3H3. The first-order chi connectivity index (χ1) is 28.9. The highest BCUT2D eigenvalue weighted by Gasteiger charge is 2.52. The first-order valence-corrected chi connectivity index (χ1v) is 20.0. The molecule has 2 atom stereocenters. The summed E-state index contributed by atoms with van der Waals surface area (Å²) < 4.78 is 241. The summed E-state index contributed by atoms with van der Waals surface area (Å²) in [5.41, 5.74) is -1.75. The molecule has 0 aliphatic heterocycles. The minimum Gasteiger partial charge on any atom is -0.459 e. The van der Waals surface area contributed by atoms with Gasteiger partial charge in [-0.15, -0.1) is 0 Å². The molecule has 0 spiro atoms. The van der Waals surface area contributed by atoms with Crippen LogP contribution in [0, 0.1) is 22.7 Å². The van der Waals surface area contributed by atoms with Gasteiger partial charge >= 0.3 is 36.2 Å². The molecule has 0 fully saturated rings. The molecule has 0 saturated carbocycles. The van der Waals surface area contributed by atoms with E-state index in [4.69, 9.17) is 0 Å². The molecule has 0 saturated heterocycles. The summed E-state index contributed by atoms with van der Waals surface area (Å²) in [4.78, 5) is 44.6. The van der Waals surface area contributed by atoms with Gasteiger partial charge in [-0.25, -0.2) is 52.7 Å². The third-order valence-corrected chi connectivity index (χ3v) is 8.62. The second-order valence-electron chi connectivity index (χ2n) is 17.0. The number of hydrogen-bond donors (Lipinski definition) is 0. The number of halogens is 18. The zero-order valence-corrected chi connectivity index (χ0v) is 38.7. The minimum absolute atomic E-state index is 0.266. The van der Waals surface area contributed by atoms with Crippen molar-refractivity contribution in [3.63, 3.8) is 0 Å². The molecule has 0 aliphatic carbocycles. The monoisotopic (exact) mass is 1010 g/mol. The molecule has 0 bridgehead atoms. The van der Waals surface area contributed by atoms with E-state index in [9.17, 15) is 98.2 Å². The van der Waals surface area contributed by atoms with E-state index in [1.165, 1.54) is 20.8 Å². The van der Waals surface area contributed by atoms with Crippen LogP contribution < -0.4 is 0 Å². The van der Waals surface area contributed by atoms with E-state index in [-0.39, 0.29) is 12.3 Å². The van der Waals surface area contributed by atoms with Crippen LogP contribution in [0.5, 0.6) is 0 Å². The van der Waals surface area contributed by atoms with E-state index in [0.29, 0.717) is 19.3 Å². The highest BCUT2D eigenvalue weighted by atomic mass is 19.4. The molecule has 66 heavy (non-hydrogen) atoms. The van der Waals surface area contributed by atoms with Gasteiger partial charge in [0.05, 0.1) is 35.5 Å². The van der Waals surface area contributed by atoms with Crippen LogP contribution in [0.4, 0.5) is 79.0 Å². The van der Waals surface area contributed by atoms with Crippen LogP contribution in [0.15, 0.2) is 0 Å². The normalized spacial score (nSPS) is 14.2. The predicted octanol–water partition coefficient (Wildman–Crippen LogP) is 13.6. The molecule has 26 heteroatoms. The number of carbonyl (C=O) groups is 4. The maximum Gasteiger partial charge on any atom is 0.394 e. The Bertz CT molecular complexity index is 1440. The van der Waals surface area contributed by atoms with E-state index in [2.05, 4.69) is 18.9 Å². The van der Waals surface area contributed by atoms with Gasteiger partial charge in [-0.05, 0) is 53.4 Å². The summed E-state index contributed by atoms with van der Waals surface area (Å²) >= 11 is 0. The van der Waals surface area contributed by atoms with E-state index >= 15 is 0 Å². The summed E-state index contributed by atoms with van der Waals surface area (Å²) in [6.45, 7) is 12.4. The van der Waals surface area contributed by atoms with Gasteiger partial charge in [0.2, 0.25) is 0 Å². The molecular weight excluding hydrogens is 950 g/mol. The number of hydrogen-bond acceptors (Lipinski definition) is 8. The van der Waals surface area contributed by atoms with Crippen molar-refractivity contribution >= 4 is 23.9 Å². The van der Waals surface area contributed by atoms with Crippen LogP contribution in [-0.2, 0) is 38.1 Å². The van der Waals surface area contributed by atoms with E-state index in [1.54, 1.807) is 41.5 Å². The molecule has 0 heterocycles. The Morgan fingerprint density at radius 1 is 0.379 bits per heavy atom. The molecule has 396 valence electrons. The lowest BCUT2D eigenvalue weighted by molar-refractivity contribution is -0.214. The third-order valence-electron chi connectivity index (χ3n) is 8.62. The van der Waals surface area contributed by atoms with Gasteiger partial charge in [-0.3, -0.25) is 19.2 Å². The smallest absolute Gasteiger partial charge is 0.394 e. The Morgan fingerprint density at radius 2 is 0.621 bits per heavy atom. The van der Waals surface area contributed by atoms with Crippen molar-refractivity contribution in [3.8, 4) is 0 Å². The molecule has 0 aromatic carbocycles. The average Bonchev–Trinajstić information content (AvgIpc) is 3.10. The Hall–Kier alpha value is -3.38. The molecule has 0 aromatic rings. The van der Waals surface area contributed by atoms with Gasteiger partial charge in [-0.2, -0.15) is 26.3 Å². The maximum atomic E-state index is 13.2. The first kappa shape index (κ1) is 69.2. The molecule has 0 radical (unpaired) electrons. The maximum absolute atomic E-state index is 13.2. The topological polar surface area (TPSA) is 105 Å². The molecule has 0 aromatic heterocycles. The van der Waals surface area contributed by atoms with Crippen molar-refractivity contribution < 1.29 is 117 Å². The lowest BCUT2D eigenvalue weighted by atomic mass is 9.91. The van der Waals surface area contributed by atoms with E-state index in [0.717, 1.165) is 13.8 Å². The quantitative estimate of drug-likeness (QED) is 0.0600. The largest absolute Gasteiger partial charge is 0.459 e. The summed E-state index contributed by atoms with van der Waals surface area (Å²) in [6, 6.07) is 0. The molecule has 0 N–H and O–H groups in total. The van der Waals surface area contributed by atoms with Gasteiger partial charge in [0, 0.05) is 13.8 Å². The van der Waals surface area contributed by atoms with Gasteiger partial charge in [0.15, 0.2) is 26.4 Å². The van der Waals surface area contributed by atoms with Crippen LogP contribution in [0.2, 0.25) is 0 Å². The van der Waals surface area contributed by atoms with Crippen molar-refractivity contribution in [2.45, 2.75) is 182 Å². The van der Waals surface area contributed by atoms with Crippen LogP contribution in [0.1, 0.15) is 134 Å². The van der Waals surface area contributed by atoms with Crippen molar-refractivity contribution in [1.29, 1.82) is 0 Å². The minimum atomic E-state index is -5.26. The fourth-order valence-electron chi connectivity index (χ4n) is 3.61. The molecule has 0 aliphatic rings. The Kier molecular flexibility index (Phi) is 28.9. The summed E-state index contributed by atoms with van der Waals surface area (Å²) in [5.74, 6) is -27.7. The molecule has 0 rings (SSSR count). The Labute approximate surface area is 372 Å². The highest BCUT2D eigenvalue weighted by molar-refractivity contribution is 5.76. The molecule has 8 nitrogen and oxygen atoms in total. The van der Waals surface area contributed by atoms with Crippen LogP contribution in [-0.4, -0.2) is 98.2 Å². The van der Waals surface area contributed by atoms with E-state index < -0.39 is 141 Å². The number of esters is 4. The first-order valence-electron chi connectivity index (χ1n) is 20.0. The zero-order valence-electron chi connectivity index (χ0n) is 38.7. The number of carbonyl (C=O) groups excluding carboxylic acids is 4. The van der Waals surface area contributed by atoms with Crippen molar-refractivity contribution in [3.05, 3.63) is 0 Å². The van der Waals surface area contributed by atoms with Gasteiger partial charge in [0.1, 0.15) is 12.8 Å². The lowest BCUT2D eigenvalue weighted by Gasteiger charge is -2.26. The zero-order chi connectivity index (χ0) is 53.8. The second kappa shape index (κ2) is 27.6. The molecular formula is C40H62F18O8. The molecule has 0 amide bonds. The molecule has 2 unspecified atom stereocenters. The fourth-order valence-corrected chi connectivity index (χ4v) is 3.61. The lowest BCUT2D eigenvalue weighted by Crippen LogP contribution is -2.38. The van der Waals surface area contributed by atoms with Crippen LogP contribution in [0.3, 0.4) is 0 Å². The van der Waals surface area contributed by atoms with Crippen LogP contribution >= 0.6 is 0 Å². The van der Waals surface area contributed by atoms with Crippen molar-refractivity contribution in [2.24, 2.45) is 22.7 Å². The van der Waals surface area contributed by atoms with Gasteiger partial charge < -0.3 is 18.9 Å². The van der Waals surface area contributed by atoms with E-state index in [1.807, 2.05) is 6.92 Å². The van der Waals surface area contributed by atoms with Gasteiger partial charge in [-0.1, -0.05) is 41.5 Å². The Balaban J connectivity index is -0.000000399. The predicted molar refractivity (Wildman–Crippen MR) is 202 cm³/mol.